The van der Waals surface area contributed by atoms with Gasteiger partial charge in [-0.3, -0.25) is 24.5 Å². The average molecular weight is 411 g/mol. The van der Waals surface area contributed by atoms with Crippen LogP contribution in [0.3, 0.4) is 0 Å². The molecule has 1 atom stereocenters. The van der Waals surface area contributed by atoms with Gasteiger partial charge in [-0.15, -0.1) is 11.3 Å². The van der Waals surface area contributed by atoms with Crippen LogP contribution in [0.25, 0.3) is 0 Å². The second kappa shape index (κ2) is 7.11. The summed E-state index contributed by atoms with van der Waals surface area (Å²) >= 11 is 1.57. The summed E-state index contributed by atoms with van der Waals surface area (Å²) in [6.07, 6.45) is 0.523. The first kappa shape index (κ1) is 19.3. The Morgan fingerprint density at radius 1 is 1.24 bits per heavy atom. The number of nitrogens with one attached hydrogen (secondary N) is 2. The van der Waals surface area contributed by atoms with Gasteiger partial charge in [0.25, 0.3) is 11.8 Å². The van der Waals surface area contributed by atoms with Gasteiger partial charge in [-0.05, 0) is 49.4 Å². The normalized spacial score (nSPS) is 19.2. The molecule has 0 bridgehead atoms. The third-order valence-corrected chi connectivity index (χ3v) is 6.55. The van der Waals surface area contributed by atoms with Crippen LogP contribution in [0, 0.1) is 0 Å². The smallest absolute Gasteiger partial charge is 0.255 e. The number of rotatable bonds is 4. The molecule has 4 rings (SSSR count). The molecule has 0 radical (unpaired) electrons. The van der Waals surface area contributed by atoms with Gasteiger partial charge in [0.2, 0.25) is 11.8 Å². The molecule has 2 N–H and O–H groups in total. The third-order valence-electron chi connectivity index (χ3n) is 5.35. The van der Waals surface area contributed by atoms with E-state index in [-0.39, 0.29) is 24.1 Å². The monoisotopic (exact) mass is 411 g/mol. The Balaban J connectivity index is 1.53. The molecule has 1 unspecified atom stereocenters. The minimum Gasteiger partial charge on any atom is -0.342 e. The molecule has 0 aliphatic carbocycles. The van der Waals surface area contributed by atoms with Crippen LogP contribution in [0.2, 0.25) is 0 Å². The van der Waals surface area contributed by atoms with Crippen molar-refractivity contribution >= 4 is 35.0 Å². The molecule has 1 fully saturated rings. The SMILES string of the molecule is CC(C)(NC(=O)c1ccc2c(c1)C(=O)N(C1CCC(=O)NC1=O)C2)c1cccs1. The summed E-state index contributed by atoms with van der Waals surface area (Å²) in [5.74, 6) is -1.32. The second-order valence-electron chi connectivity index (χ2n) is 7.83. The van der Waals surface area contributed by atoms with Crippen molar-refractivity contribution < 1.29 is 19.2 Å². The van der Waals surface area contributed by atoms with Gasteiger partial charge in [-0.1, -0.05) is 12.1 Å². The highest BCUT2D eigenvalue weighted by molar-refractivity contribution is 7.10. The van der Waals surface area contributed by atoms with E-state index in [9.17, 15) is 19.2 Å². The number of benzene rings is 1. The number of carbonyl (C=O) groups excluding carboxylic acids is 4. The molecule has 2 aliphatic rings. The minimum absolute atomic E-state index is 0.210. The van der Waals surface area contributed by atoms with Crippen LogP contribution < -0.4 is 10.6 Å². The average Bonchev–Trinajstić information content (AvgIpc) is 3.31. The first-order valence-corrected chi connectivity index (χ1v) is 10.3. The van der Waals surface area contributed by atoms with Crippen LogP contribution in [0.4, 0.5) is 0 Å². The van der Waals surface area contributed by atoms with Crippen LogP contribution in [0.1, 0.15) is 57.8 Å². The molecule has 2 aromatic rings. The lowest BCUT2D eigenvalue weighted by molar-refractivity contribution is -0.136. The molecular formula is C21H21N3O4S. The van der Waals surface area contributed by atoms with Gasteiger partial charge in [0, 0.05) is 29.0 Å². The molecular weight excluding hydrogens is 390 g/mol. The highest BCUT2D eigenvalue weighted by Crippen LogP contribution is 2.29. The van der Waals surface area contributed by atoms with Gasteiger partial charge >= 0.3 is 0 Å². The topological polar surface area (TPSA) is 95.6 Å². The van der Waals surface area contributed by atoms with E-state index in [1.165, 1.54) is 4.90 Å². The molecule has 1 saturated heterocycles. The molecule has 29 heavy (non-hydrogen) atoms. The van der Waals surface area contributed by atoms with Crippen LogP contribution >= 0.6 is 11.3 Å². The molecule has 4 amide bonds. The van der Waals surface area contributed by atoms with Crippen molar-refractivity contribution in [3.63, 3.8) is 0 Å². The second-order valence-corrected chi connectivity index (χ2v) is 8.78. The number of amides is 4. The lowest BCUT2D eigenvalue weighted by atomic mass is 10.0. The van der Waals surface area contributed by atoms with Gasteiger partial charge < -0.3 is 10.2 Å². The standard InChI is InChI=1S/C21H21N3O4S/c1-21(2,16-4-3-9-29-16)23-18(26)12-5-6-13-11-24(20(28)14(13)10-12)15-7-8-17(25)22-19(15)27/h3-6,9-10,15H,7-8,11H2,1-2H3,(H,23,26)(H,22,25,27). The molecule has 7 nitrogen and oxygen atoms in total. The number of hydrogen-bond donors (Lipinski definition) is 2. The quantitative estimate of drug-likeness (QED) is 0.754. The van der Waals surface area contributed by atoms with Crippen LogP contribution in [-0.4, -0.2) is 34.6 Å². The van der Waals surface area contributed by atoms with Gasteiger partial charge in [0.1, 0.15) is 6.04 Å². The maximum Gasteiger partial charge on any atom is 0.255 e. The Morgan fingerprint density at radius 3 is 2.72 bits per heavy atom. The molecule has 150 valence electrons. The van der Waals surface area contributed by atoms with Crippen molar-refractivity contribution in [3.05, 3.63) is 57.3 Å². The maximum absolute atomic E-state index is 12.9. The zero-order valence-electron chi connectivity index (χ0n) is 16.2. The van der Waals surface area contributed by atoms with E-state index in [0.29, 0.717) is 24.1 Å². The Bertz CT molecular complexity index is 1010. The molecule has 1 aromatic heterocycles. The summed E-state index contributed by atoms with van der Waals surface area (Å²) in [6.45, 7) is 4.16. The molecule has 1 aromatic carbocycles. The highest BCUT2D eigenvalue weighted by atomic mass is 32.1. The summed E-state index contributed by atoms with van der Waals surface area (Å²) < 4.78 is 0. The lowest BCUT2D eigenvalue weighted by Crippen LogP contribution is -2.52. The van der Waals surface area contributed by atoms with Crippen molar-refractivity contribution in [1.82, 2.24) is 15.5 Å². The van der Waals surface area contributed by atoms with E-state index in [0.717, 1.165) is 10.4 Å². The number of nitrogens with zero attached hydrogens (tertiary/aromatic N) is 1. The van der Waals surface area contributed by atoms with Crippen LogP contribution in [0.15, 0.2) is 35.7 Å². The third kappa shape index (κ3) is 3.55. The van der Waals surface area contributed by atoms with Crippen molar-refractivity contribution in [2.24, 2.45) is 0 Å². The van der Waals surface area contributed by atoms with Crippen molar-refractivity contribution in [2.45, 2.75) is 44.8 Å². The number of imide groups is 1. The summed E-state index contributed by atoms with van der Waals surface area (Å²) in [5.41, 5.74) is 1.06. The Morgan fingerprint density at radius 2 is 2.03 bits per heavy atom. The fourth-order valence-corrected chi connectivity index (χ4v) is 4.55. The maximum atomic E-state index is 12.9. The first-order chi connectivity index (χ1) is 13.8. The van der Waals surface area contributed by atoms with Crippen molar-refractivity contribution in [3.8, 4) is 0 Å². The van der Waals surface area contributed by atoms with Crippen LogP contribution in [0.5, 0.6) is 0 Å². The predicted octanol–water partition coefficient (Wildman–Crippen LogP) is 2.17. The van der Waals surface area contributed by atoms with Gasteiger partial charge in [0.05, 0.1) is 5.54 Å². The highest BCUT2D eigenvalue weighted by Gasteiger charge is 2.39. The van der Waals surface area contributed by atoms with Crippen molar-refractivity contribution in [1.29, 1.82) is 0 Å². The Hall–Kier alpha value is -3.00. The summed E-state index contributed by atoms with van der Waals surface area (Å²) in [6, 6.07) is 8.28. The Kier molecular flexibility index (Phi) is 4.74. The molecule has 3 heterocycles. The van der Waals surface area contributed by atoms with Crippen molar-refractivity contribution in [2.75, 3.05) is 0 Å². The van der Waals surface area contributed by atoms with Gasteiger partial charge in [-0.2, -0.15) is 0 Å². The van der Waals surface area contributed by atoms with Crippen LogP contribution in [-0.2, 0) is 21.7 Å². The largest absolute Gasteiger partial charge is 0.342 e. The van der Waals surface area contributed by atoms with Gasteiger partial charge in [0.15, 0.2) is 0 Å². The number of fused-ring (bicyclic) bond motifs is 1. The lowest BCUT2D eigenvalue weighted by Gasteiger charge is -2.29. The zero-order valence-corrected chi connectivity index (χ0v) is 17.0. The number of hydrogen-bond acceptors (Lipinski definition) is 5. The van der Waals surface area contributed by atoms with E-state index in [1.54, 1.807) is 29.5 Å². The van der Waals surface area contributed by atoms with E-state index in [2.05, 4.69) is 10.6 Å². The number of carbonyl (C=O) groups is 4. The minimum atomic E-state index is -0.664. The first-order valence-electron chi connectivity index (χ1n) is 9.40. The molecule has 8 heteroatoms. The fourth-order valence-electron chi connectivity index (χ4n) is 3.75. The molecule has 0 saturated carbocycles. The Labute approximate surface area is 172 Å². The summed E-state index contributed by atoms with van der Waals surface area (Å²) in [5, 5.41) is 7.26. The van der Waals surface area contributed by atoms with E-state index < -0.39 is 17.5 Å². The number of thiophene rings is 1. The van der Waals surface area contributed by atoms with E-state index >= 15 is 0 Å². The molecule has 0 spiro atoms. The van der Waals surface area contributed by atoms with E-state index in [1.807, 2.05) is 31.4 Å². The zero-order chi connectivity index (χ0) is 20.8. The number of piperidine rings is 1. The molecule has 2 aliphatic heterocycles. The van der Waals surface area contributed by atoms with Gasteiger partial charge in [-0.25, -0.2) is 0 Å². The summed E-state index contributed by atoms with van der Waals surface area (Å²) in [7, 11) is 0. The van der Waals surface area contributed by atoms with E-state index in [4.69, 9.17) is 0 Å². The predicted molar refractivity (Wildman–Crippen MR) is 107 cm³/mol. The fraction of sp³-hybridized carbons (Fsp3) is 0.333. The summed E-state index contributed by atoms with van der Waals surface area (Å²) in [4.78, 5) is 51.7.